The molecule has 160 valence electrons. The zero-order valence-corrected chi connectivity index (χ0v) is 18.4. The number of hydrogen-bond acceptors (Lipinski definition) is 3. The maximum Gasteiger partial charge on any atom is 0.239 e. The first-order valence-corrected chi connectivity index (χ1v) is 11.7. The summed E-state index contributed by atoms with van der Waals surface area (Å²) in [6.45, 7) is 0.657. The quantitative estimate of drug-likeness (QED) is 0.542. The molecule has 1 fully saturated rings. The third-order valence-electron chi connectivity index (χ3n) is 6.10. The van der Waals surface area contributed by atoms with Crippen LogP contribution in [0.4, 0.5) is 0 Å². The van der Waals surface area contributed by atoms with Crippen molar-refractivity contribution >= 4 is 23.2 Å². The van der Waals surface area contributed by atoms with E-state index >= 15 is 0 Å². The molecule has 2 amide bonds. The van der Waals surface area contributed by atoms with Gasteiger partial charge in [0.05, 0.1) is 13.0 Å². The molecule has 0 saturated heterocycles. The molecule has 2 aromatic carbocycles. The van der Waals surface area contributed by atoms with Crippen LogP contribution in [0.2, 0.25) is 0 Å². The molecule has 0 unspecified atom stereocenters. The Morgan fingerprint density at radius 1 is 0.806 bits per heavy atom. The Bertz CT molecular complexity index is 992. The van der Waals surface area contributed by atoms with Gasteiger partial charge in [-0.1, -0.05) is 73.5 Å². The highest BCUT2D eigenvalue weighted by atomic mass is 32.1. The average molecular weight is 433 g/mol. The van der Waals surface area contributed by atoms with Crippen LogP contribution in [0.3, 0.4) is 0 Å². The molecule has 1 aliphatic carbocycles. The van der Waals surface area contributed by atoms with Gasteiger partial charge in [-0.25, -0.2) is 0 Å². The lowest BCUT2D eigenvalue weighted by molar-refractivity contribution is -0.125. The van der Waals surface area contributed by atoms with E-state index in [1.165, 1.54) is 17.7 Å². The first kappa shape index (κ1) is 21.3. The van der Waals surface area contributed by atoms with Gasteiger partial charge in [-0.2, -0.15) is 0 Å². The summed E-state index contributed by atoms with van der Waals surface area (Å²) in [6.07, 6.45) is 4.89. The van der Waals surface area contributed by atoms with Crippen LogP contribution in [0.5, 0.6) is 0 Å². The summed E-state index contributed by atoms with van der Waals surface area (Å²) in [7, 11) is 0. The van der Waals surface area contributed by atoms with E-state index in [-0.39, 0.29) is 30.2 Å². The average Bonchev–Trinajstić information content (AvgIpc) is 3.50. The van der Waals surface area contributed by atoms with Crippen molar-refractivity contribution in [2.24, 2.45) is 0 Å². The Balaban J connectivity index is 1.24. The number of thiophene rings is 1. The topological polar surface area (TPSA) is 58.2 Å². The van der Waals surface area contributed by atoms with Crippen molar-refractivity contribution in [2.45, 2.75) is 37.5 Å². The van der Waals surface area contributed by atoms with E-state index in [1.54, 1.807) is 11.3 Å². The summed E-state index contributed by atoms with van der Waals surface area (Å²) < 4.78 is 0. The Morgan fingerprint density at radius 3 is 2.19 bits per heavy atom. The summed E-state index contributed by atoms with van der Waals surface area (Å²) in [6, 6.07) is 22.4. The highest BCUT2D eigenvalue weighted by Crippen LogP contribution is 2.42. The molecule has 0 spiro atoms. The van der Waals surface area contributed by atoms with Crippen LogP contribution in [0, 0.1) is 0 Å². The van der Waals surface area contributed by atoms with Crippen LogP contribution >= 0.6 is 11.3 Å². The van der Waals surface area contributed by atoms with Gasteiger partial charge >= 0.3 is 0 Å². The second-order valence-corrected chi connectivity index (χ2v) is 9.21. The van der Waals surface area contributed by atoms with Gasteiger partial charge in [-0.15, -0.1) is 11.3 Å². The number of amides is 2. The summed E-state index contributed by atoms with van der Waals surface area (Å²) >= 11 is 1.77. The van der Waals surface area contributed by atoms with E-state index in [9.17, 15) is 9.59 Å². The molecule has 2 N–H and O–H groups in total. The molecule has 5 heteroatoms. The predicted molar refractivity (Wildman–Crippen MR) is 126 cm³/mol. The van der Waals surface area contributed by atoms with Gasteiger partial charge < -0.3 is 10.6 Å². The van der Waals surface area contributed by atoms with Gasteiger partial charge in [0.15, 0.2) is 0 Å². The van der Waals surface area contributed by atoms with Crippen LogP contribution in [0.25, 0.3) is 11.1 Å². The van der Waals surface area contributed by atoms with E-state index in [0.717, 1.165) is 29.5 Å². The summed E-state index contributed by atoms with van der Waals surface area (Å²) in [5, 5.41) is 7.90. The molecule has 1 saturated carbocycles. The van der Waals surface area contributed by atoms with Gasteiger partial charge in [0.2, 0.25) is 11.8 Å². The zero-order chi connectivity index (χ0) is 21.5. The van der Waals surface area contributed by atoms with Gasteiger partial charge in [0.25, 0.3) is 0 Å². The molecule has 0 bridgehead atoms. The summed E-state index contributed by atoms with van der Waals surface area (Å²) in [5.41, 5.74) is 3.27. The number of hydrogen-bond donors (Lipinski definition) is 2. The third kappa shape index (κ3) is 5.42. The molecule has 0 aliphatic heterocycles. The van der Waals surface area contributed by atoms with Crippen LogP contribution in [0.15, 0.2) is 72.1 Å². The molecule has 1 aliphatic rings. The van der Waals surface area contributed by atoms with Crippen molar-refractivity contribution in [2.75, 3.05) is 13.1 Å². The second kappa shape index (κ2) is 9.92. The molecule has 0 atom stereocenters. The summed E-state index contributed by atoms with van der Waals surface area (Å²) in [4.78, 5) is 26.0. The highest BCUT2D eigenvalue weighted by Gasteiger charge is 2.36. The van der Waals surface area contributed by atoms with Crippen molar-refractivity contribution in [1.29, 1.82) is 0 Å². The molecule has 31 heavy (non-hydrogen) atoms. The first-order valence-electron chi connectivity index (χ1n) is 10.9. The van der Waals surface area contributed by atoms with E-state index in [2.05, 4.69) is 40.3 Å². The monoisotopic (exact) mass is 432 g/mol. The minimum absolute atomic E-state index is 0.0153. The standard InChI is InChI=1S/C26H28N2O2S/c29-24(17-20-10-12-22(13-11-20)21-7-2-1-3-8-21)27-18-25(30)28-19-26(14-4-5-15-26)23-9-6-16-31-23/h1-3,6-13,16H,4-5,14-15,17-19H2,(H,27,29)(H,28,30). The molecule has 1 heterocycles. The van der Waals surface area contributed by atoms with E-state index in [1.807, 2.05) is 42.5 Å². The highest BCUT2D eigenvalue weighted by molar-refractivity contribution is 7.10. The molecule has 4 rings (SSSR count). The van der Waals surface area contributed by atoms with Crippen molar-refractivity contribution in [3.63, 3.8) is 0 Å². The number of rotatable bonds is 8. The summed E-state index contributed by atoms with van der Waals surface area (Å²) in [5.74, 6) is -0.271. The molecule has 0 radical (unpaired) electrons. The predicted octanol–water partition coefficient (Wildman–Crippen LogP) is 4.70. The second-order valence-electron chi connectivity index (χ2n) is 8.26. The minimum atomic E-state index is -0.142. The Kier molecular flexibility index (Phi) is 6.82. The maximum atomic E-state index is 12.3. The van der Waals surface area contributed by atoms with E-state index in [0.29, 0.717) is 6.54 Å². The fourth-order valence-electron chi connectivity index (χ4n) is 4.35. The van der Waals surface area contributed by atoms with Gasteiger partial charge in [-0.05, 0) is 41.0 Å². The third-order valence-corrected chi connectivity index (χ3v) is 7.22. The molecule has 3 aromatic rings. The fraction of sp³-hybridized carbons (Fsp3) is 0.308. The molecular formula is C26H28N2O2S. The van der Waals surface area contributed by atoms with Crippen molar-refractivity contribution in [3.05, 3.63) is 82.6 Å². The lowest BCUT2D eigenvalue weighted by Gasteiger charge is -2.28. The lowest BCUT2D eigenvalue weighted by Crippen LogP contribution is -2.43. The van der Waals surface area contributed by atoms with Gasteiger partial charge in [-0.3, -0.25) is 9.59 Å². The number of benzene rings is 2. The number of nitrogens with one attached hydrogen (secondary N) is 2. The fourth-order valence-corrected chi connectivity index (χ4v) is 5.33. The first-order chi connectivity index (χ1) is 15.1. The van der Waals surface area contributed by atoms with Crippen LogP contribution in [-0.4, -0.2) is 24.9 Å². The van der Waals surface area contributed by atoms with Gasteiger partial charge in [0.1, 0.15) is 0 Å². The zero-order valence-electron chi connectivity index (χ0n) is 17.6. The van der Waals surface area contributed by atoms with E-state index < -0.39 is 0 Å². The largest absolute Gasteiger partial charge is 0.354 e. The maximum absolute atomic E-state index is 12.3. The van der Waals surface area contributed by atoms with Crippen LogP contribution in [0.1, 0.15) is 36.1 Å². The number of carbonyl (C=O) groups is 2. The normalized spacial score (nSPS) is 14.8. The molecule has 4 nitrogen and oxygen atoms in total. The van der Waals surface area contributed by atoms with Crippen LogP contribution in [-0.2, 0) is 21.4 Å². The lowest BCUT2D eigenvalue weighted by atomic mass is 9.84. The van der Waals surface area contributed by atoms with Crippen molar-refractivity contribution < 1.29 is 9.59 Å². The minimum Gasteiger partial charge on any atom is -0.354 e. The number of carbonyl (C=O) groups excluding carboxylic acids is 2. The van der Waals surface area contributed by atoms with Gasteiger partial charge in [0, 0.05) is 16.8 Å². The smallest absolute Gasteiger partial charge is 0.239 e. The van der Waals surface area contributed by atoms with Crippen molar-refractivity contribution in [3.8, 4) is 11.1 Å². The SMILES string of the molecule is O=C(CNC(=O)Cc1ccc(-c2ccccc2)cc1)NCC1(c2cccs2)CCCC1. The van der Waals surface area contributed by atoms with Crippen molar-refractivity contribution in [1.82, 2.24) is 10.6 Å². The van der Waals surface area contributed by atoms with E-state index in [4.69, 9.17) is 0 Å². The molecule has 1 aromatic heterocycles. The Hall–Kier alpha value is -2.92. The molecular weight excluding hydrogens is 404 g/mol. The Labute approximate surface area is 187 Å². The van der Waals surface area contributed by atoms with Crippen LogP contribution < -0.4 is 10.6 Å². The Morgan fingerprint density at radius 2 is 1.52 bits per heavy atom.